The summed E-state index contributed by atoms with van der Waals surface area (Å²) in [6, 6.07) is 3.57. The molecule has 0 N–H and O–H groups in total. The van der Waals surface area contributed by atoms with Gasteiger partial charge in [-0.25, -0.2) is 8.78 Å². The molecule has 0 bridgehead atoms. The Balaban J connectivity index is 2.22. The van der Waals surface area contributed by atoms with Crippen LogP contribution in [0.15, 0.2) is 18.2 Å². The van der Waals surface area contributed by atoms with Gasteiger partial charge in [0, 0.05) is 5.92 Å². The summed E-state index contributed by atoms with van der Waals surface area (Å²) in [6.45, 7) is 4.26. The van der Waals surface area contributed by atoms with E-state index in [-0.39, 0.29) is 17.3 Å². The molecule has 1 nitrogen and oxygen atoms in total. The zero-order valence-electron chi connectivity index (χ0n) is 10.7. The van der Waals surface area contributed by atoms with Crippen LogP contribution in [0.1, 0.15) is 43.5 Å². The van der Waals surface area contributed by atoms with Gasteiger partial charge < -0.3 is 0 Å². The first-order valence-electron chi connectivity index (χ1n) is 6.49. The minimum absolute atomic E-state index is 0.234. The van der Waals surface area contributed by atoms with Crippen LogP contribution in [-0.2, 0) is 0 Å². The van der Waals surface area contributed by atoms with Crippen LogP contribution in [0.5, 0.6) is 0 Å². The zero-order chi connectivity index (χ0) is 13.3. The number of carbonyl (C=O) groups excluding carboxylic acids is 1. The lowest BCUT2D eigenvalue weighted by Crippen LogP contribution is -2.27. The molecule has 0 amide bonds. The second-order valence-corrected chi connectivity index (χ2v) is 5.43. The van der Waals surface area contributed by atoms with Gasteiger partial charge in [0.25, 0.3) is 0 Å². The summed E-state index contributed by atoms with van der Waals surface area (Å²) in [5.41, 5.74) is -0.357. The minimum atomic E-state index is -0.744. The summed E-state index contributed by atoms with van der Waals surface area (Å²) in [5, 5.41) is 0. The molecule has 0 spiro atoms. The third kappa shape index (κ3) is 2.45. The van der Waals surface area contributed by atoms with Crippen LogP contribution in [0.4, 0.5) is 8.78 Å². The van der Waals surface area contributed by atoms with E-state index in [1.165, 1.54) is 6.07 Å². The molecule has 18 heavy (non-hydrogen) atoms. The quantitative estimate of drug-likeness (QED) is 0.720. The van der Waals surface area contributed by atoms with Crippen molar-refractivity contribution in [2.75, 3.05) is 0 Å². The number of rotatable bonds is 2. The summed E-state index contributed by atoms with van der Waals surface area (Å²) in [7, 11) is 0. The largest absolute Gasteiger partial charge is 0.294 e. The van der Waals surface area contributed by atoms with Gasteiger partial charge in [-0.2, -0.15) is 0 Å². The van der Waals surface area contributed by atoms with E-state index in [0.29, 0.717) is 11.8 Å². The third-order valence-electron chi connectivity index (χ3n) is 4.18. The van der Waals surface area contributed by atoms with Gasteiger partial charge in [-0.1, -0.05) is 19.9 Å². The summed E-state index contributed by atoms with van der Waals surface area (Å²) in [5.74, 6) is -1.08. The lowest BCUT2D eigenvalue weighted by atomic mass is 9.73. The Morgan fingerprint density at radius 3 is 2.28 bits per heavy atom. The standard InChI is InChI=1S/C15H18F2O/c1-9-6-7-11(8-10(9)2)15(18)14-12(16)4-3-5-13(14)17/h3-5,9-11H,6-8H2,1-2H3. The van der Waals surface area contributed by atoms with Crippen molar-refractivity contribution in [2.24, 2.45) is 17.8 Å². The van der Waals surface area contributed by atoms with E-state index in [1.807, 2.05) is 0 Å². The zero-order valence-corrected chi connectivity index (χ0v) is 10.7. The number of hydrogen-bond acceptors (Lipinski definition) is 1. The van der Waals surface area contributed by atoms with Crippen LogP contribution in [0.2, 0.25) is 0 Å². The SMILES string of the molecule is CC1CCC(C(=O)c2c(F)cccc2F)CC1C. The summed E-state index contributed by atoms with van der Waals surface area (Å²) < 4.78 is 27.1. The number of ketones is 1. The fourth-order valence-corrected chi connectivity index (χ4v) is 2.72. The van der Waals surface area contributed by atoms with Crippen molar-refractivity contribution >= 4 is 5.78 Å². The number of carbonyl (C=O) groups is 1. The van der Waals surface area contributed by atoms with Crippen LogP contribution < -0.4 is 0 Å². The molecule has 3 heteroatoms. The van der Waals surface area contributed by atoms with Crippen molar-refractivity contribution in [3.8, 4) is 0 Å². The number of halogens is 2. The highest BCUT2D eigenvalue weighted by molar-refractivity contribution is 5.98. The average molecular weight is 252 g/mol. The second-order valence-electron chi connectivity index (χ2n) is 5.43. The maximum atomic E-state index is 13.6. The maximum absolute atomic E-state index is 13.6. The Morgan fingerprint density at radius 2 is 1.72 bits per heavy atom. The molecule has 0 saturated heterocycles. The molecule has 1 aromatic rings. The van der Waals surface area contributed by atoms with Crippen LogP contribution in [0.25, 0.3) is 0 Å². The van der Waals surface area contributed by atoms with E-state index in [0.717, 1.165) is 31.4 Å². The second kappa shape index (κ2) is 5.17. The summed E-state index contributed by atoms with van der Waals surface area (Å²) in [6.07, 6.45) is 2.42. The first kappa shape index (κ1) is 13.2. The first-order chi connectivity index (χ1) is 8.50. The van der Waals surface area contributed by atoms with Gasteiger partial charge in [-0.05, 0) is 43.2 Å². The molecular weight excluding hydrogens is 234 g/mol. The van der Waals surface area contributed by atoms with Gasteiger partial charge >= 0.3 is 0 Å². The Hall–Kier alpha value is -1.25. The van der Waals surface area contributed by atoms with Crippen LogP contribution in [0, 0.1) is 29.4 Å². The van der Waals surface area contributed by atoms with Crippen molar-refractivity contribution in [3.63, 3.8) is 0 Å². The van der Waals surface area contributed by atoms with Gasteiger partial charge in [0.05, 0.1) is 5.56 Å². The Bertz CT molecular complexity index is 436. The van der Waals surface area contributed by atoms with Crippen molar-refractivity contribution in [1.82, 2.24) is 0 Å². The lowest BCUT2D eigenvalue weighted by Gasteiger charge is -2.31. The Labute approximate surface area is 106 Å². The van der Waals surface area contributed by atoms with E-state index in [1.54, 1.807) is 0 Å². The van der Waals surface area contributed by atoms with Crippen molar-refractivity contribution < 1.29 is 13.6 Å². The smallest absolute Gasteiger partial charge is 0.171 e. The predicted octanol–water partition coefficient (Wildman–Crippen LogP) is 4.22. The molecule has 98 valence electrons. The highest BCUT2D eigenvalue weighted by atomic mass is 19.1. The van der Waals surface area contributed by atoms with Gasteiger partial charge in [0.15, 0.2) is 5.78 Å². The monoisotopic (exact) mass is 252 g/mol. The van der Waals surface area contributed by atoms with E-state index < -0.39 is 11.6 Å². The van der Waals surface area contributed by atoms with Crippen molar-refractivity contribution in [3.05, 3.63) is 35.4 Å². The van der Waals surface area contributed by atoms with Crippen LogP contribution in [0.3, 0.4) is 0 Å². The van der Waals surface area contributed by atoms with Crippen molar-refractivity contribution in [1.29, 1.82) is 0 Å². The van der Waals surface area contributed by atoms with E-state index in [4.69, 9.17) is 0 Å². The van der Waals surface area contributed by atoms with E-state index in [9.17, 15) is 13.6 Å². The molecule has 0 heterocycles. The normalized spacial score (nSPS) is 28.1. The Morgan fingerprint density at radius 1 is 1.11 bits per heavy atom. The maximum Gasteiger partial charge on any atom is 0.171 e. The molecule has 1 aromatic carbocycles. The molecule has 0 radical (unpaired) electrons. The summed E-state index contributed by atoms with van der Waals surface area (Å²) in [4.78, 5) is 12.2. The van der Waals surface area contributed by atoms with Gasteiger partial charge in [0.2, 0.25) is 0 Å². The molecule has 1 aliphatic carbocycles. The van der Waals surface area contributed by atoms with Gasteiger partial charge in [-0.15, -0.1) is 0 Å². The highest BCUT2D eigenvalue weighted by Crippen LogP contribution is 2.35. The summed E-state index contributed by atoms with van der Waals surface area (Å²) >= 11 is 0. The molecule has 1 fully saturated rings. The van der Waals surface area contributed by atoms with Gasteiger partial charge in [0.1, 0.15) is 11.6 Å². The van der Waals surface area contributed by atoms with E-state index in [2.05, 4.69) is 13.8 Å². The van der Waals surface area contributed by atoms with Gasteiger partial charge in [-0.3, -0.25) is 4.79 Å². The molecular formula is C15H18F2O. The topological polar surface area (TPSA) is 17.1 Å². The van der Waals surface area contributed by atoms with E-state index >= 15 is 0 Å². The molecule has 3 atom stereocenters. The van der Waals surface area contributed by atoms with Crippen LogP contribution in [-0.4, -0.2) is 5.78 Å². The first-order valence-corrected chi connectivity index (χ1v) is 6.49. The lowest BCUT2D eigenvalue weighted by molar-refractivity contribution is 0.0828. The number of Topliss-reactive ketones (excluding diaryl/α,β-unsaturated/α-hetero) is 1. The molecule has 0 aliphatic heterocycles. The number of hydrogen-bond donors (Lipinski definition) is 0. The molecule has 3 unspecified atom stereocenters. The average Bonchev–Trinajstić information content (AvgIpc) is 2.32. The predicted molar refractivity (Wildman–Crippen MR) is 66.4 cm³/mol. The fourth-order valence-electron chi connectivity index (χ4n) is 2.72. The minimum Gasteiger partial charge on any atom is -0.294 e. The third-order valence-corrected chi connectivity index (χ3v) is 4.18. The molecule has 1 saturated carbocycles. The van der Waals surface area contributed by atoms with Crippen molar-refractivity contribution in [2.45, 2.75) is 33.1 Å². The van der Waals surface area contributed by atoms with Crippen LogP contribution >= 0.6 is 0 Å². The Kier molecular flexibility index (Phi) is 3.79. The fraction of sp³-hybridized carbons (Fsp3) is 0.533. The highest BCUT2D eigenvalue weighted by Gasteiger charge is 2.32. The molecule has 1 aliphatic rings. The molecule has 0 aromatic heterocycles. The number of benzene rings is 1. The molecule has 2 rings (SSSR count).